The van der Waals surface area contributed by atoms with E-state index in [0.717, 1.165) is 44.2 Å². The van der Waals surface area contributed by atoms with Crippen molar-refractivity contribution in [3.05, 3.63) is 24.3 Å². The monoisotopic (exact) mass is 289 g/mol. The maximum absolute atomic E-state index is 8.93. The first-order valence-corrected chi connectivity index (χ1v) is 7.36. The van der Waals surface area contributed by atoms with Gasteiger partial charge in [0.05, 0.1) is 19.2 Å². The molecule has 0 aromatic heterocycles. The third-order valence-electron chi connectivity index (χ3n) is 3.88. The molecule has 0 aliphatic carbocycles. The molecule has 1 aromatic rings. The largest absolute Gasteiger partial charge is 0.493 e. The number of hydrogen-bond donors (Lipinski definition) is 0. The zero-order valence-corrected chi connectivity index (χ0v) is 12.8. The molecule has 0 N–H and O–H groups in total. The van der Waals surface area contributed by atoms with E-state index >= 15 is 0 Å². The molecule has 1 saturated heterocycles. The summed E-state index contributed by atoms with van der Waals surface area (Å²) in [6, 6.07) is 10.0. The first kappa shape index (κ1) is 15.6. The van der Waals surface area contributed by atoms with Crippen LogP contribution in [0.15, 0.2) is 24.3 Å². The summed E-state index contributed by atoms with van der Waals surface area (Å²) >= 11 is 0. The van der Waals surface area contributed by atoms with Gasteiger partial charge in [0, 0.05) is 32.7 Å². The summed E-state index contributed by atoms with van der Waals surface area (Å²) in [6.45, 7) is 7.37. The van der Waals surface area contributed by atoms with E-state index in [4.69, 9.17) is 14.7 Å². The number of methoxy groups -OCH3 is 1. The fraction of sp³-hybridized carbons (Fsp3) is 0.562. The van der Waals surface area contributed by atoms with E-state index < -0.39 is 0 Å². The van der Waals surface area contributed by atoms with Gasteiger partial charge in [0.2, 0.25) is 0 Å². The van der Waals surface area contributed by atoms with Crippen molar-refractivity contribution in [3.8, 4) is 17.6 Å². The van der Waals surface area contributed by atoms with Crippen LogP contribution in [-0.2, 0) is 0 Å². The van der Waals surface area contributed by atoms with Crippen molar-refractivity contribution < 1.29 is 9.47 Å². The van der Waals surface area contributed by atoms with Crippen molar-refractivity contribution in [3.63, 3.8) is 0 Å². The summed E-state index contributed by atoms with van der Waals surface area (Å²) in [4.78, 5) is 4.59. The minimum Gasteiger partial charge on any atom is -0.493 e. The third kappa shape index (κ3) is 4.35. The Bertz CT molecular complexity index is 479. The van der Waals surface area contributed by atoms with Crippen LogP contribution in [0.25, 0.3) is 0 Å². The summed E-state index contributed by atoms with van der Waals surface area (Å²) in [7, 11) is 1.65. The van der Waals surface area contributed by atoms with Crippen LogP contribution in [0.4, 0.5) is 0 Å². The van der Waals surface area contributed by atoms with E-state index in [1.807, 2.05) is 31.2 Å². The smallest absolute Gasteiger partial charge is 0.161 e. The molecule has 0 bridgehead atoms. The molecule has 1 fully saturated rings. The first-order chi connectivity index (χ1) is 10.2. The van der Waals surface area contributed by atoms with Gasteiger partial charge < -0.3 is 9.47 Å². The van der Waals surface area contributed by atoms with Gasteiger partial charge in [-0.3, -0.25) is 9.80 Å². The predicted octanol–water partition coefficient (Wildman–Crippen LogP) is 1.60. The number of nitriles is 1. The van der Waals surface area contributed by atoms with Gasteiger partial charge in [-0.2, -0.15) is 5.26 Å². The molecule has 0 spiro atoms. The summed E-state index contributed by atoms with van der Waals surface area (Å²) in [5, 5.41) is 8.93. The zero-order chi connectivity index (χ0) is 15.1. The molecule has 1 aliphatic heterocycles. The Morgan fingerprint density at radius 3 is 2.48 bits per heavy atom. The van der Waals surface area contributed by atoms with Gasteiger partial charge in [0.25, 0.3) is 0 Å². The van der Waals surface area contributed by atoms with Crippen molar-refractivity contribution in [2.24, 2.45) is 0 Å². The fourth-order valence-electron chi connectivity index (χ4n) is 2.48. The summed E-state index contributed by atoms with van der Waals surface area (Å²) in [5.41, 5.74) is 0. The molecule has 21 heavy (non-hydrogen) atoms. The van der Waals surface area contributed by atoms with Crippen LogP contribution in [-0.4, -0.2) is 62.3 Å². The number of ether oxygens (including phenoxy) is 2. The maximum Gasteiger partial charge on any atom is 0.161 e. The van der Waals surface area contributed by atoms with Crippen LogP contribution >= 0.6 is 0 Å². The second kappa shape index (κ2) is 7.87. The number of nitrogens with zero attached hydrogens (tertiary/aromatic N) is 3. The van der Waals surface area contributed by atoms with E-state index in [2.05, 4.69) is 15.9 Å². The van der Waals surface area contributed by atoms with Crippen molar-refractivity contribution in [1.29, 1.82) is 5.26 Å². The van der Waals surface area contributed by atoms with Gasteiger partial charge in [-0.05, 0) is 19.1 Å². The normalized spacial score (nSPS) is 18.0. The van der Waals surface area contributed by atoms with E-state index in [0.29, 0.717) is 6.61 Å². The molecule has 114 valence electrons. The minimum atomic E-state index is 0.0111. The third-order valence-corrected chi connectivity index (χ3v) is 3.88. The molecular weight excluding hydrogens is 266 g/mol. The van der Waals surface area contributed by atoms with Crippen LogP contribution in [0.2, 0.25) is 0 Å². The van der Waals surface area contributed by atoms with E-state index in [1.165, 1.54) is 0 Å². The summed E-state index contributed by atoms with van der Waals surface area (Å²) in [6.07, 6.45) is 0. The lowest BCUT2D eigenvalue weighted by Gasteiger charge is -2.35. The molecule has 1 atom stereocenters. The topological polar surface area (TPSA) is 48.7 Å². The Hall–Kier alpha value is -1.77. The average Bonchev–Trinajstić information content (AvgIpc) is 2.55. The van der Waals surface area contributed by atoms with Crippen LogP contribution in [0, 0.1) is 11.3 Å². The highest BCUT2D eigenvalue weighted by molar-refractivity contribution is 5.39. The van der Waals surface area contributed by atoms with Crippen molar-refractivity contribution in [1.82, 2.24) is 9.80 Å². The summed E-state index contributed by atoms with van der Waals surface area (Å²) < 4.78 is 11.1. The van der Waals surface area contributed by atoms with E-state index in [1.54, 1.807) is 7.11 Å². The van der Waals surface area contributed by atoms with Crippen LogP contribution in [0.5, 0.6) is 11.5 Å². The molecule has 0 saturated carbocycles. The molecule has 1 heterocycles. The molecule has 1 aliphatic rings. The molecule has 5 nitrogen and oxygen atoms in total. The number of hydrogen-bond acceptors (Lipinski definition) is 5. The summed E-state index contributed by atoms with van der Waals surface area (Å²) in [5.74, 6) is 1.56. The van der Waals surface area contributed by atoms with Gasteiger partial charge in [0.1, 0.15) is 6.61 Å². The SMILES string of the molecule is COc1ccccc1OCCN1CCN(C(C)C#N)CC1. The second-order valence-electron chi connectivity index (χ2n) is 5.18. The first-order valence-electron chi connectivity index (χ1n) is 7.36. The predicted molar refractivity (Wildman–Crippen MR) is 81.6 cm³/mol. The highest BCUT2D eigenvalue weighted by Gasteiger charge is 2.20. The Balaban J connectivity index is 1.72. The molecule has 1 unspecified atom stereocenters. The van der Waals surface area contributed by atoms with Gasteiger partial charge in [0.15, 0.2) is 11.5 Å². The van der Waals surface area contributed by atoms with Crippen molar-refractivity contribution in [2.45, 2.75) is 13.0 Å². The van der Waals surface area contributed by atoms with Gasteiger partial charge >= 0.3 is 0 Å². The van der Waals surface area contributed by atoms with Crippen LogP contribution in [0.1, 0.15) is 6.92 Å². The van der Waals surface area contributed by atoms with Crippen LogP contribution in [0.3, 0.4) is 0 Å². The van der Waals surface area contributed by atoms with E-state index in [-0.39, 0.29) is 6.04 Å². The highest BCUT2D eigenvalue weighted by atomic mass is 16.5. The fourth-order valence-corrected chi connectivity index (χ4v) is 2.48. The maximum atomic E-state index is 8.93. The lowest BCUT2D eigenvalue weighted by molar-refractivity contribution is 0.105. The lowest BCUT2D eigenvalue weighted by Crippen LogP contribution is -2.50. The Morgan fingerprint density at radius 1 is 1.19 bits per heavy atom. The van der Waals surface area contributed by atoms with Gasteiger partial charge in [-0.1, -0.05) is 12.1 Å². The second-order valence-corrected chi connectivity index (χ2v) is 5.18. The number of piperazine rings is 1. The van der Waals surface area contributed by atoms with Crippen molar-refractivity contribution >= 4 is 0 Å². The molecule has 2 rings (SSSR count). The van der Waals surface area contributed by atoms with Crippen LogP contribution < -0.4 is 9.47 Å². The quantitative estimate of drug-likeness (QED) is 0.796. The van der Waals surface area contributed by atoms with Gasteiger partial charge in [-0.15, -0.1) is 0 Å². The number of rotatable bonds is 6. The Morgan fingerprint density at radius 2 is 1.86 bits per heavy atom. The Kier molecular flexibility index (Phi) is 5.85. The van der Waals surface area contributed by atoms with Crippen molar-refractivity contribution in [2.75, 3.05) is 46.4 Å². The average molecular weight is 289 g/mol. The Labute approximate surface area is 126 Å². The molecule has 1 aromatic carbocycles. The standard InChI is InChI=1S/C16H23N3O2/c1-14(13-17)19-9-7-18(8-10-19)11-12-21-16-6-4-3-5-15(16)20-2/h3-6,14H,7-12H2,1-2H3. The van der Waals surface area contributed by atoms with E-state index in [9.17, 15) is 0 Å². The lowest BCUT2D eigenvalue weighted by atomic mass is 10.2. The molecular formula is C16H23N3O2. The number of para-hydroxylation sites is 2. The highest BCUT2D eigenvalue weighted by Crippen LogP contribution is 2.25. The molecule has 5 heteroatoms. The number of benzene rings is 1. The van der Waals surface area contributed by atoms with Gasteiger partial charge in [-0.25, -0.2) is 0 Å². The molecule has 0 amide bonds. The molecule has 0 radical (unpaired) electrons. The minimum absolute atomic E-state index is 0.0111. The zero-order valence-electron chi connectivity index (χ0n) is 12.8.